The summed E-state index contributed by atoms with van der Waals surface area (Å²) in [5.74, 6) is 1.34. The number of aliphatic hydroxyl groups is 1. The lowest BCUT2D eigenvalue weighted by atomic mass is 10.1. The van der Waals surface area contributed by atoms with Gasteiger partial charge in [-0.25, -0.2) is 0 Å². The molecule has 2 N–H and O–H groups in total. The van der Waals surface area contributed by atoms with E-state index in [4.69, 9.17) is 21.1 Å². The van der Waals surface area contributed by atoms with Gasteiger partial charge in [-0.2, -0.15) is 0 Å². The van der Waals surface area contributed by atoms with Crippen molar-refractivity contribution in [3.8, 4) is 11.5 Å². The maximum absolute atomic E-state index is 9.23. The number of rotatable bonds is 5. The largest absolute Gasteiger partial charge is 0.454 e. The van der Waals surface area contributed by atoms with Gasteiger partial charge in [0.25, 0.3) is 0 Å². The van der Waals surface area contributed by atoms with E-state index in [1.807, 2.05) is 12.1 Å². The summed E-state index contributed by atoms with van der Waals surface area (Å²) < 4.78 is 10.6. The molecule has 1 aliphatic carbocycles. The molecule has 1 saturated carbocycles. The predicted octanol–water partition coefficient (Wildman–Crippen LogP) is 1.93. The van der Waals surface area contributed by atoms with Crippen LogP contribution in [-0.4, -0.2) is 25.1 Å². The average Bonchev–Trinajstić information content (AvgIpc) is 2.97. The van der Waals surface area contributed by atoms with Crippen LogP contribution in [-0.2, 0) is 6.54 Å². The quantitative estimate of drug-likeness (QED) is 0.858. The van der Waals surface area contributed by atoms with Crippen molar-refractivity contribution in [2.24, 2.45) is 5.41 Å². The van der Waals surface area contributed by atoms with E-state index in [0.717, 1.165) is 31.5 Å². The number of aliphatic hydroxyl groups excluding tert-OH is 1. The molecule has 0 atom stereocenters. The molecule has 0 amide bonds. The van der Waals surface area contributed by atoms with Crippen molar-refractivity contribution in [2.75, 3.05) is 19.9 Å². The molecule has 0 aromatic heterocycles. The zero-order valence-corrected chi connectivity index (χ0v) is 10.8. The Kier molecular flexibility index (Phi) is 3.09. The second-order valence-corrected chi connectivity index (χ2v) is 5.48. The highest BCUT2D eigenvalue weighted by atomic mass is 35.5. The van der Waals surface area contributed by atoms with Gasteiger partial charge in [-0.15, -0.1) is 0 Å². The molecule has 98 valence electrons. The lowest BCUT2D eigenvalue weighted by molar-refractivity contribution is 0.174. The Morgan fingerprint density at radius 3 is 2.89 bits per heavy atom. The first-order chi connectivity index (χ1) is 8.72. The first-order valence-corrected chi connectivity index (χ1v) is 6.50. The molecule has 0 bridgehead atoms. The van der Waals surface area contributed by atoms with Crippen LogP contribution in [0, 0.1) is 5.41 Å². The fourth-order valence-electron chi connectivity index (χ4n) is 2.16. The van der Waals surface area contributed by atoms with Crippen molar-refractivity contribution < 1.29 is 14.6 Å². The highest BCUT2D eigenvalue weighted by Crippen LogP contribution is 2.44. The summed E-state index contributed by atoms with van der Waals surface area (Å²) in [5.41, 5.74) is 1.19. The van der Waals surface area contributed by atoms with E-state index in [0.29, 0.717) is 16.5 Å². The van der Waals surface area contributed by atoms with Crippen LogP contribution in [0.1, 0.15) is 18.4 Å². The SMILES string of the molecule is OCC1(CNCc2cc(Cl)c3c(c2)OCO3)CC1. The molecule has 1 aromatic carbocycles. The number of ether oxygens (including phenoxy) is 2. The molecule has 0 radical (unpaired) electrons. The maximum atomic E-state index is 9.23. The van der Waals surface area contributed by atoms with Gasteiger partial charge in [-0.05, 0) is 30.5 Å². The molecule has 1 aliphatic heterocycles. The topological polar surface area (TPSA) is 50.7 Å². The number of fused-ring (bicyclic) bond motifs is 1. The Balaban J connectivity index is 1.61. The van der Waals surface area contributed by atoms with Gasteiger partial charge in [-0.3, -0.25) is 0 Å². The van der Waals surface area contributed by atoms with Crippen LogP contribution >= 0.6 is 11.6 Å². The molecule has 2 aliphatic rings. The van der Waals surface area contributed by atoms with Crippen LogP contribution in [0.3, 0.4) is 0 Å². The molecule has 3 rings (SSSR count). The molecule has 18 heavy (non-hydrogen) atoms. The molecular weight excluding hydrogens is 254 g/mol. The van der Waals surface area contributed by atoms with Gasteiger partial charge < -0.3 is 19.9 Å². The van der Waals surface area contributed by atoms with Crippen molar-refractivity contribution in [3.05, 3.63) is 22.7 Å². The first-order valence-electron chi connectivity index (χ1n) is 6.12. The highest BCUT2D eigenvalue weighted by molar-refractivity contribution is 6.32. The Labute approximate surface area is 111 Å². The summed E-state index contributed by atoms with van der Waals surface area (Å²) >= 11 is 6.11. The van der Waals surface area contributed by atoms with Crippen LogP contribution in [0.15, 0.2) is 12.1 Å². The summed E-state index contributed by atoms with van der Waals surface area (Å²) in [7, 11) is 0. The standard InChI is InChI=1S/C13H16ClNO3/c14-10-3-9(4-11-12(10)18-8-17-11)5-15-6-13(7-16)1-2-13/h3-4,15-16H,1-2,5-8H2. The summed E-state index contributed by atoms with van der Waals surface area (Å²) in [6, 6.07) is 3.83. The van der Waals surface area contributed by atoms with Crippen LogP contribution in [0.2, 0.25) is 5.02 Å². The third-order valence-electron chi connectivity index (χ3n) is 3.61. The molecule has 0 unspecified atom stereocenters. The molecule has 5 heteroatoms. The second kappa shape index (κ2) is 4.61. The lowest BCUT2D eigenvalue weighted by Crippen LogP contribution is -2.26. The predicted molar refractivity (Wildman–Crippen MR) is 68.0 cm³/mol. The van der Waals surface area contributed by atoms with Crippen LogP contribution in [0.4, 0.5) is 0 Å². The van der Waals surface area contributed by atoms with Crippen molar-refractivity contribution >= 4 is 11.6 Å². The molecule has 0 spiro atoms. The second-order valence-electron chi connectivity index (χ2n) is 5.07. The fourth-order valence-corrected chi connectivity index (χ4v) is 2.45. The van der Waals surface area contributed by atoms with E-state index < -0.39 is 0 Å². The van der Waals surface area contributed by atoms with Crippen molar-refractivity contribution in [2.45, 2.75) is 19.4 Å². The Bertz CT molecular complexity index is 460. The lowest BCUT2D eigenvalue weighted by Gasteiger charge is -2.13. The van der Waals surface area contributed by atoms with Crippen LogP contribution < -0.4 is 14.8 Å². The monoisotopic (exact) mass is 269 g/mol. The summed E-state index contributed by atoms with van der Waals surface area (Å²) in [5, 5.41) is 13.2. The Hall–Kier alpha value is -0.970. The van der Waals surface area contributed by atoms with Crippen LogP contribution in [0.5, 0.6) is 11.5 Å². The van der Waals surface area contributed by atoms with Gasteiger partial charge in [0.2, 0.25) is 6.79 Å². The van der Waals surface area contributed by atoms with Gasteiger partial charge in [0.1, 0.15) is 0 Å². The number of hydrogen-bond acceptors (Lipinski definition) is 4. The zero-order valence-electron chi connectivity index (χ0n) is 10.0. The van der Waals surface area contributed by atoms with Gasteiger partial charge in [-0.1, -0.05) is 11.6 Å². The van der Waals surface area contributed by atoms with Gasteiger partial charge >= 0.3 is 0 Å². The van der Waals surface area contributed by atoms with E-state index >= 15 is 0 Å². The fraction of sp³-hybridized carbons (Fsp3) is 0.538. The van der Waals surface area contributed by atoms with Crippen molar-refractivity contribution in [1.29, 1.82) is 0 Å². The summed E-state index contributed by atoms with van der Waals surface area (Å²) in [4.78, 5) is 0. The minimum Gasteiger partial charge on any atom is -0.454 e. The minimum atomic E-state index is 0.125. The van der Waals surface area contributed by atoms with Crippen molar-refractivity contribution in [1.82, 2.24) is 5.32 Å². The van der Waals surface area contributed by atoms with Gasteiger partial charge in [0.15, 0.2) is 11.5 Å². The zero-order chi connectivity index (χ0) is 12.6. The van der Waals surface area contributed by atoms with E-state index in [1.165, 1.54) is 0 Å². The summed E-state index contributed by atoms with van der Waals surface area (Å²) in [6.45, 7) is 2.06. The maximum Gasteiger partial charge on any atom is 0.231 e. The van der Waals surface area contributed by atoms with E-state index in [-0.39, 0.29) is 18.8 Å². The molecule has 0 saturated heterocycles. The molecule has 4 nitrogen and oxygen atoms in total. The van der Waals surface area contributed by atoms with E-state index in [2.05, 4.69) is 5.32 Å². The smallest absolute Gasteiger partial charge is 0.231 e. The highest BCUT2D eigenvalue weighted by Gasteiger charge is 2.41. The first kappa shape index (κ1) is 12.1. The Morgan fingerprint density at radius 1 is 1.33 bits per heavy atom. The number of hydrogen-bond donors (Lipinski definition) is 2. The molecule has 1 heterocycles. The average molecular weight is 270 g/mol. The van der Waals surface area contributed by atoms with Crippen LogP contribution in [0.25, 0.3) is 0 Å². The number of benzene rings is 1. The van der Waals surface area contributed by atoms with E-state index in [9.17, 15) is 5.11 Å². The normalized spacial score (nSPS) is 19.0. The summed E-state index contributed by atoms with van der Waals surface area (Å²) in [6.07, 6.45) is 2.22. The molecular formula is C13H16ClNO3. The Morgan fingerprint density at radius 2 is 2.17 bits per heavy atom. The van der Waals surface area contributed by atoms with Gasteiger partial charge in [0.05, 0.1) is 5.02 Å². The van der Waals surface area contributed by atoms with E-state index in [1.54, 1.807) is 0 Å². The molecule has 1 aromatic rings. The number of nitrogens with one attached hydrogen (secondary N) is 1. The van der Waals surface area contributed by atoms with Crippen molar-refractivity contribution in [3.63, 3.8) is 0 Å². The third-order valence-corrected chi connectivity index (χ3v) is 3.89. The minimum absolute atomic E-state index is 0.125. The number of halogens is 1. The molecule has 1 fully saturated rings. The third kappa shape index (κ3) is 2.28. The van der Waals surface area contributed by atoms with Gasteiger partial charge in [0, 0.05) is 25.1 Å².